The van der Waals surface area contributed by atoms with Gasteiger partial charge in [0, 0.05) is 29.6 Å². The smallest absolute Gasteiger partial charge is 0.251 e. The summed E-state index contributed by atoms with van der Waals surface area (Å²) < 4.78 is 0. The van der Waals surface area contributed by atoms with Gasteiger partial charge in [-0.3, -0.25) is 9.59 Å². The molecule has 0 heterocycles. The lowest BCUT2D eigenvalue weighted by Gasteiger charge is -2.20. The molecule has 4 nitrogen and oxygen atoms in total. The molecule has 0 aromatic heterocycles. The molecule has 0 unspecified atom stereocenters. The van der Waals surface area contributed by atoms with Gasteiger partial charge in [0.25, 0.3) is 5.91 Å². The SMILES string of the molecule is O=C(NCCNC(=O)C1CCCCC1)c1ccc(Cl)cc1. The molecule has 21 heavy (non-hydrogen) atoms. The van der Waals surface area contributed by atoms with Crippen LogP contribution in [0, 0.1) is 5.92 Å². The largest absolute Gasteiger partial charge is 0.354 e. The fourth-order valence-electron chi connectivity index (χ4n) is 2.57. The van der Waals surface area contributed by atoms with Gasteiger partial charge in [-0.2, -0.15) is 0 Å². The third-order valence-electron chi connectivity index (χ3n) is 3.79. The molecule has 1 fully saturated rings. The van der Waals surface area contributed by atoms with Gasteiger partial charge in [-0.15, -0.1) is 0 Å². The third-order valence-corrected chi connectivity index (χ3v) is 4.04. The van der Waals surface area contributed by atoms with Gasteiger partial charge in [0.1, 0.15) is 0 Å². The predicted octanol–water partition coefficient (Wildman–Crippen LogP) is 2.77. The van der Waals surface area contributed by atoms with E-state index in [2.05, 4.69) is 10.6 Å². The number of halogens is 1. The molecule has 2 amide bonds. The van der Waals surface area contributed by atoms with Crippen LogP contribution in [0.25, 0.3) is 0 Å². The summed E-state index contributed by atoms with van der Waals surface area (Å²) in [6.45, 7) is 0.897. The molecule has 1 saturated carbocycles. The molecule has 0 bridgehead atoms. The van der Waals surface area contributed by atoms with E-state index in [4.69, 9.17) is 11.6 Å². The highest BCUT2D eigenvalue weighted by Crippen LogP contribution is 2.23. The summed E-state index contributed by atoms with van der Waals surface area (Å²) in [6.07, 6.45) is 5.50. The molecular weight excluding hydrogens is 288 g/mol. The predicted molar refractivity (Wildman–Crippen MR) is 83.4 cm³/mol. The maximum Gasteiger partial charge on any atom is 0.251 e. The third kappa shape index (κ3) is 5.05. The Morgan fingerprint density at radius 2 is 1.62 bits per heavy atom. The van der Waals surface area contributed by atoms with Gasteiger partial charge < -0.3 is 10.6 Å². The maximum atomic E-state index is 11.9. The molecule has 0 saturated heterocycles. The van der Waals surface area contributed by atoms with Crippen LogP contribution >= 0.6 is 11.6 Å². The number of hydrogen-bond acceptors (Lipinski definition) is 2. The van der Waals surface area contributed by atoms with E-state index in [1.165, 1.54) is 6.42 Å². The minimum Gasteiger partial charge on any atom is -0.354 e. The molecule has 1 aliphatic rings. The van der Waals surface area contributed by atoms with E-state index in [1.54, 1.807) is 24.3 Å². The highest BCUT2D eigenvalue weighted by atomic mass is 35.5. The fourth-order valence-corrected chi connectivity index (χ4v) is 2.70. The quantitative estimate of drug-likeness (QED) is 0.822. The van der Waals surface area contributed by atoms with Crippen LogP contribution in [-0.4, -0.2) is 24.9 Å². The number of carbonyl (C=O) groups excluding carboxylic acids is 2. The molecule has 1 aromatic rings. The number of hydrogen-bond donors (Lipinski definition) is 2. The number of amides is 2. The Balaban J connectivity index is 1.66. The van der Waals surface area contributed by atoms with Crippen LogP contribution in [0.5, 0.6) is 0 Å². The summed E-state index contributed by atoms with van der Waals surface area (Å²) >= 11 is 5.77. The first-order valence-corrected chi connectivity index (χ1v) is 7.86. The van der Waals surface area contributed by atoms with Crippen molar-refractivity contribution in [1.82, 2.24) is 10.6 Å². The zero-order valence-corrected chi connectivity index (χ0v) is 12.8. The van der Waals surface area contributed by atoms with Gasteiger partial charge in [0.15, 0.2) is 0 Å². The second kappa shape index (κ2) is 8.03. The molecular formula is C16H21ClN2O2. The van der Waals surface area contributed by atoms with Crippen molar-refractivity contribution >= 4 is 23.4 Å². The summed E-state index contributed by atoms with van der Waals surface area (Å²) in [5, 5.41) is 6.28. The van der Waals surface area contributed by atoms with Gasteiger partial charge in [-0.1, -0.05) is 30.9 Å². The van der Waals surface area contributed by atoms with Crippen LogP contribution in [0.1, 0.15) is 42.5 Å². The summed E-state index contributed by atoms with van der Waals surface area (Å²) in [7, 11) is 0. The molecule has 114 valence electrons. The lowest BCUT2D eigenvalue weighted by atomic mass is 9.89. The van der Waals surface area contributed by atoms with Crippen molar-refractivity contribution in [1.29, 1.82) is 0 Å². The number of nitrogens with one attached hydrogen (secondary N) is 2. The van der Waals surface area contributed by atoms with Gasteiger partial charge in [0.05, 0.1) is 0 Å². The molecule has 0 atom stereocenters. The van der Waals surface area contributed by atoms with E-state index in [9.17, 15) is 9.59 Å². The van der Waals surface area contributed by atoms with Crippen molar-refractivity contribution < 1.29 is 9.59 Å². The molecule has 0 aliphatic heterocycles. The molecule has 1 aromatic carbocycles. The molecule has 0 radical (unpaired) electrons. The Kier molecular flexibility index (Phi) is 6.05. The summed E-state index contributed by atoms with van der Waals surface area (Å²) in [4.78, 5) is 23.7. The van der Waals surface area contributed by atoms with E-state index >= 15 is 0 Å². The summed E-state index contributed by atoms with van der Waals surface area (Å²) in [5.41, 5.74) is 0.568. The van der Waals surface area contributed by atoms with Crippen LogP contribution in [0.15, 0.2) is 24.3 Å². The minimum atomic E-state index is -0.154. The average molecular weight is 309 g/mol. The lowest BCUT2D eigenvalue weighted by molar-refractivity contribution is -0.125. The monoisotopic (exact) mass is 308 g/mol. The van der Waals surface area contributed by atoms with E-state index in [0.717, 1.165) is 25.7 Å². The fraction of sp³-hybridized carbons (Fsp3) is 0.500. The van der Waals surface area contributed by atoms with Crippen molar-refractivity contribution in [3.63, 3.8) is 0 Å². The first kappa shape index (κ1) is 15.8. The first-order valence-electron chi connectivity index (χ1n) is 7.48. The Labute approximate surface area is 130 Å². The Morgan fingerprint density at radius 1 is 1.00 bits per heavy atom. The van der Waals surface area contributed by atoms with Gasteiger partial charge in [-0.25, -0.2) is 0 Å². The first-order chi connectivity index (χ1) is 10.2. The van der Waals surface area contributed by atoms with Crippen molar-refractivity contribution in [3.8, 4) is 0 Å². The second-order valence-corrected chi connectivity index (χ2v) is 5.83. The van der Waals surface area contributed by atoms with E-state index in [-0.39, 0.29) is 17.7 Å². The van der Waals surface area contributed by atoms with Gasteiger partial charge in [0.2, 0.25) is 5.91 Å². The highest BCUT2D eigenvalue weighted by molar-refractivity contribution is 6.30. The van der Waals surface area contributed by atoms with Crippen LogP contribution in [0.4, 0.5) is 0 Å². The van der Waals surface area contributed by atoms with E-state index in [1.807, 2.05) is 0 Å². The molecule has 1 aliphatic carbocycles. The molecule has 0 spiro atoms. The van der Waals surface area contributed by atoms with Crippen molar-refractivity contribution in [2.75, 3.05) is 13.1 Å². The van der Waals surface area contributed by atoms with E-state index in [0.29, 0.717) is 23.7 Å². The Hall–Kier alpha value is -1.55. The zero-order valence-electron chi connectivity index (χ0n) is 12.0. The zero-order chi connectivity index (χ0) is 15.1. The number of rotatable bonds is 5. The van der Waals surface area contributed by atoms with Crippen LogP contribution < -0.4 is 10.6 Å². The lowest BCUT2D eigenvalue weighted by Crippen LogP contribution is -2.38. The Morgan fingerprint density at radius 3 is 2.29 bits per heavy atom. The molecule has 2 N–H and O–H groups in total. The summed E-state index contributed by atoms with van der Waals surface area (Å²) in [5.74, 6) is 0.125. The molecule has 5 heteroatoms. The summed E-state index contributed by atoms with van der Waals surface area (Å²) in [6, 6.07) is 6.72. The maximum absolute atomic E-state index is 11.9. The van der Waals surface area contributed by atoms with Gasteiger partial charge in [-0.05, 0) is 37.1 Å². The van der Waals surface area contributed by atoms with Crippen molar-refractivity contribution in [2.24, 2.45) is 5.92 Å². The van der Waals surface area contributed by atoms with Crippen LogP contribution in [0.3, 0.4) is 0 Å². The number of carbonyl (C=O) groups is 2. The minimum absolute atomic E-state index is 0.121. The van der Waals surface area contributed by atoms with Crippen molar-refractivity contribution in [2.45, 2.75) is 32.1 Å². The second-order valence-electron chi connectivity index (χ2n) is 5.39. The number of benzene rings is 1. The standard InChI is InChI=1S/C16H21ClN2O2/c17-14-8-6-13(7-9-14)16(21)19-11-10-18-15(20)12-4-2-1-3-5-12/h6-9,12H,1-5,10-11H2,(H,18,20)(H,19,21). The van der Waals surface area contributed by atoms with Gasteiger partial charge >= 0.3 is 0 Å². The highest BCUT2D eigenvalue weighted by Gasteiger charge is 2.20. The van der Waals surface area contributed by atoms with Crippen molar-refractivity contribution in [3.05, 3.63) is 34.9 Å². The van der Waals surface area contributed by atoms with E-state index < -0.39 is 0 Å². The molecule has 2 rings (SSSR count). The normalized spacial score (nSPS) is 15.5. The average Bonchev–Trinajstić information content (AvgIpc) is 2.52. The van der Waals surface area contributed by atoms with Crippen LogP contribution in [0.2, 0.25) is 5.02 Å². The van der Waals surface area contributed by atoms with Crippen LogP contribution in [-0.2, 0) is 4.79 Å². The Bertz CT molecular complexity index is 482. The topological polar surface area (TPSA) is 58.2 Å².